The summed E-state index contributed by atoms with van der Waals surface area (Å²) >= 11 is 0. The molecule has 2 heteroatoms. The van der Waals surface area contributed by atoms with E-state index in [1.165, 1.54) is 22.1 Å². The third-order valence-electron chi connectivity index (χ3n) is 7.28. The summed E-state index contributed by atoms with van der Waals surface area (Å²) in [5.41, 5.74) is 11.5. The van der Waals surface area contributed by atoms with Gasteiger partial charge in [0.25, 0.3) is 0 Å². The van der Waals surface area contributed by atoms with E-state index in [-0.39, 0.29) is 5.41 Å². The standard InChI is InChI=1S/C33H31NO/c1-4-33(3)20-8-7-9-30(33)25-14-12-24(13-15-25)27-18-19-28-21-26(16-17-29(28)22-27)23(2)35-32-11-6-5-10-31(32)34/h5-22,30H,2,4,34H2,1,3H3. The zero-order valence-electron chi connectivity index (χ0n) is 20.4. The number of para-hydroxylation sites is 2. The van der Waals surface area contributed by atoms with Gasteiger partial charge in [0.05, 0.1) is 5.69 Å². The summed E-state index contributed by atoms with van der Waals surface area (Å²) in [5, 5.41) is 2.33. The van der Waals surface area contributed by atoms with Crippen molar-refractivity contribution in [3.8, 4) is 16.9 Å². The second-order valence-electron chi connectivity index (χ2n) is 9.54. The van der Waals surface area contributed by atoms with Gasteiger partial charge >= 0.3 is 0 Å². The van der Waals surface area contributed by atoms with Gasteiger partial charge in [-0.15, -0.1) is 0 Å². The third kappa shape index (κ3) is 4.52. The monoisotopic (exact) mass is 457 g/mol. The van der Waals surface area contributed by atoms with Gasteiger partial charge in [-0.25, -0.2) is 0 Å². The molecular formula is C33H31NO. The normalized spacial score (nSPS) is 19.1. The maximum Gasteiger partial charge on any atom is 0.150 e. The van der Waals surface area contributed by atoms with Crippen LogP contribution in [0.2, 0.25) is 0 Å². The number of anilines is 1. The SMILES string of the molecule is C=C(Oc1ccccc1N)c1ccc2cc(-c3ccc(C4C=CC=CC4(C)CC)cc3)ccc2c1. The Morgan fingerprint density at radius 3 is 2.37 bits per heavy atom. The van der Waals surface area contributed by atoms with E-state index in [0.29, 0.717) is 23.1 Å². The van der Waals surface area contributed by atoms with Crippen molar-refractivity contribution in [3.05, 3.63) is 127 Å². The number of nitrogens with two attached hydrogens (primary N) is 1. The zero-order chi connectivity index (χ0) is 24.4. The van der Waals surface area contributed by atoms with Crippen LogP contribution >= 0.6 is 0 Å². The van der Waals surface area contributed by atoms with E-state index in [1.54, 1.807) is 0 Å². The van der Waals surface area contributed by atoms with E-state index in [9.17, 15) is 0 Å². The molecule has 1 aliphatic rings. The summed E-state index contributed by atoms with van der Waals surface area (Å²) < 4.78 is 5.93. The molecule has 0 spiro atoms. The second kappa shape index (κ2) is 9.31. The maximum absolute atomic E-state index is 6.01. The van der Waals surface area contributed by atoms with Crippen LogP contribution in [0.5, 0.6) is 5.75 Å². The van der Waals surface area contributed by atoms with Crippen molar-refractivity contribution in [2.24, 2.45) is 5.41 Å². The lowest BCUT2D eigenvalue weighted by Gasteiger charge is -2.35. The molecule has 4 aromatic carbocycles. The Morgan fingerprint density at radius 2 is 1.60 bits per heavy atom. The summed E-state index contributed by atoms with van der Waals surface area (Å²) in [4.78, 5) is 0. The fraction of sp³-hybridized carbons (Fsp3) is 0.152. The molecule has 0 heterocycles. The molecular weight excluding hydrogens is 426 g/mol. The summed E-state index contributed by atoms with van der Waals surface area (Å²) in [6.45, 7) is 8.72. The Morgan fingerprint density at radius 1 is 0.886 bits per heavy atom. The van der Waals surface area contributed by atoms with Gasteiger partial charge in [0, 0.05) is 11.5 Å². The van der Waals surface area contributed by atoms with Crippen LogP contribution in [0.25, 0.3) is 27.7 Å². The van der Waals surface area contributed by atoms with Crippen molar-refractivity contribution in [1.29, 1.82) is 0 Å². The van der Waals surface area contributed by atoms with Crippen LogP contribution in [0.4, 0.5) is 5.69 Å². The van der Waals surface area contributed by atoms with E-state index < -0.39 is 0 Å². The van der Waals surface area contributed by atoms with Crippen LogP contribution in [0.1, 0.15) is 37.3 Å². The Kier molecular flexibility index (Phi) is 6.05. The minimum Gasteiger partial charge on any atom is -0.455 e. The maximum atomic E-state index is 6.01. The number of hydrogen-bond acceptors (Lipinski definition) is 2. The number of benzene rings is 4. The van der Waals surface area contributed by atoms with E-state index in [0.717, 1.165) is 17.4 Å². The number of ether oxygens (including phenoxy) is 1. The van der Waals surface area contributed by atoms with Crippen LogP contribution in [0, 0.1) is 5.41 Å². The van der Waals surface area contributed by atoms with E-state index >= 15 is 0 Å². The van der Waals surface area contributed by atoms with Crippen LogP contribution in [-0.4, -0.2) is 0 Å². The highest BCUT2D eigenvalue weighted by Gasteiger charge is 2.30. The fourth-order valence-corrected chi connectivity index (χ4v) is 4.85. The molecule has 0 saturated carbocycles. The lowest BCUT2D eigenvalue weighted by Crippen LogP contribution is -2.22. The molecule has 0 aromatic heterocycles. The number of hydrogen-bond donors (Lipinski definition) is 1. The molecule has 1 aliphatic carbocycles. The van der Waals surface area contributed by atoms with Gasteiger partial charge in [0.1, 0.15) is 11.5 Å². The predicted molar refractivity (Wildman–Crippen MR) is 149 cm³/mol. The topological polar surface area (TPSA) is 35.2 Å². The predicted octanol–water partition coefficient (Wildman–Crippen LogP) is 8.76. The van der Waals surface area contributed by atoms with E-state index in [4.69, 9.17) is 10.5 Å². The van der Waals surface area contributed by atoms with Crippen molar-refractivity contribution in [1.82, 2.24) is 0 Å². The molecule has 2 nitrogen and oxygen atoms in total. The molecule has 0 radical (unpaired) electrons. The van der Waals surface area contributed by atoms with Crippen molar-refractivity contribution >= 4 is 22.2 Å². The lowest BCUT2D eigenvalue weighted by molar-refractivity contribution is 0.363. The van der Waals surface area contributed by atoms with Crippen molar-refractivity contribution < 1.29 is 4.74 Å². The summed E-state index contributed by atoms with van der Waals surface area (Å²) in [7, 11) is 0. The van der Waals surface area contributed by atoms with Gasteiger partial charge < -0.3 is 10.5 Å². The van der Waals surface area contributed by atoms with Gasteiger partial charge in [-0.3, -0.25) is 0 Å². The van der Waals surface area contributed by atoms with Crippen molar-refractivity contribution in [2.45, 2.75) is 26.2 Å². The summed E-state index contributed by atoms with van der Waals surface area (Å²) in [5.74, 6) is 1.61. The van der Waals surface area contributed by atoms with Gasteiger partial charge in [-0.05, 0) is 63.6 Å². The van der Waals surface area contributed by atoms with Gasteiger partial charge in [0.2, 0.25) is 0 Å². The highest BCUT2D eigenvalue weighted by atomic mass is 16.5. The summed E-state index contributed by atoms with van der Waals surface area (Å²) in [6, 6.07) is 29.4. The molecule has 0 aliphatic heterocycles. The van der Waals surface area contributed by atoms with Crippen LogP contribution in [-0.2, 0) is 0 Å². The zero-order valence-corrected chi connectivity index (χ0v) is 20.4. The average molecular weight is 458 g/mol. The molecule has 0 fully saturated rings. The van der Waals surface area contributed by atoms with Crippen LogP contribution in [0.3, 0.4) is 0 Å². The Labute approximate surface area is 208 Å². The molecule has 5 rings (SSSR count). The summed E-state index contributed by atoms with van der Waals surface area (Å²) in [6.07, 6.45) is 10.1. The number of fused-ring (bicyclic) bond motifs is 1. The Balaban J connectivity index is 1.37. The lowest BCUT2D eigenvalue weighted by atomic mass is 9.69. The third-order valence-corrected chi connectivity index (χ3v) is 7.28. The average Bonchev–Trinajstić information content (AvgIpc) is 2.90. The first-order chi connectivity index (χ1) is 17.0. The van der Waals surface area contributed by atoms with Crippen LogP contribution < -0.4 is 10.5 Å². The van der Waals surface area contributed by atoms with E-state index in [1.807, 2.05) is 30.3 Å². The quantitative estimate of drug-likeness (QED) is 0.232. The highest BCUT2D eigenvalue weighted by molar-refractivity contribution is 5.89. The van der Waals surface area contributed by atoms with Crippen LogP contribution in [0.15, 0.2) is 116 Å². The molecule has 2 N–H and O–H groups in total. The molecule has 0 saturated heterocycles. The van der Waals surface area contributed by atoms with Crippen molar-refractivity contribution in [2.75, 3.05) is 5.73 Å². The largest absolute Gasteiger partial charge is 0.455 e. The first-order valence-electron chi connectivity index (χ1n) is 12.2. The first kappa shape index (κ1) is 22.7. The fourth-order valence-electron chi connectivity index (χ4n) is 4.85. The molecule has 35 heavy (non-hydrogen) atoms. The Hall–Kier alpha value is -4.04. The molecule has 4 aromatic rings. The number of nitrogen functional groups attached to an aromatic ring is 1. The smallest absolute Gasteiger partial charge is 0.150 e. The number of rotatable bonds is 6. The Bertz CT molecular complexity index is 1440. The minimum absolute atomic E-state index is 0.164. The van der Waals surface area contributed by atoms with Gasteiger partial charge in [-0.1, -0.05) is 105 Å². The minimum atomic E-state index is 0.164. The first-order valence-corrected chi connectivity index (χ1v) is 12.2. The molecule has 2 unspecified atom stereocenters. The van der Waals surface area contributed by atoms with Crippen molar-refractivity contribution in [3.63, 3.8) is 0 Å². The van der Waals surface area contributed by atoms with Gasteiger partial charge in [-0.2, -0.15) is 0 Å². The molecule has 0 amide bonds. The molecule has 174 valence electrons. The van der Waals surface area contributed by atoms with Gasteiger partial charge in [0.15, 0.2) is 0 Å². The number of allylic oxidation sites excluding steroid dienone is 4. The van der Waals surface area contributed by atoms with E-state index in [2.05, 4.69) is 99.3 Å². The highest BCUT2D eigenvalue weighted by Crippen LogP contribution is 2.43. The second-order valence-corrected chi connectivity index (χ2v) is 9.54. The molecule has 0 bridgehead atoms. The molecule has 2 atom stereocenters.